The lowest BCUT2D eigenvalue weighted by Gasteiger charge is -2.27. The molecule has 1 unspecified atom stereocenters. The van der Waals surface area contributed by atoms with Crippen LogP contribution in [0.1, 0.15) is 31.7 Å². The Hall–Kier alpha value is -1.86. The summed E-state index contributed by atoms with van der Waals surface area (Å²) < 4.78 is 1.70. The third-order valence-electron chi connectivity index (χ3n) is 3.46. The van der Waals surface area contributed by atoms with Crippen LogP contribution in [-0.2, 0) is 12.0 Å². The molecule has 0 saturated heterocycles. The SMILES string of the molecule is CCCCC(C#N)(Cn1cncn1)c1ccccc1Cl. The predicted molar refractivity (Wildman–Crippen MR) is 78.3 cm³/mol. The molecular weight excluding hydrogens is 272 g/mol. The Labute approximate surface area is 124 Å². The zero-order valence-electron chi connectivity index (χ0n) is 11.5. The average molecular weight is 289 g/mol. The molecule has 1 aromatic heterocycles. The Morgan fingerprint density at radius 3 is 2.80 bits per heavy atom. The molecule has 2 aromatic rings. The Kier molecular flexibility index (Phi) is 4.75. The summed E-state index contributed by atoms with van der Waals surface area (Å²) in [4.78, 5) is 3.95. The molecule has 1 atom stereocenters. The zero-order chi connectivity index (χ0) is 14.4. The largest absolute Gasteiger partial charge is 0.251 e. The van der Waals surface area contributed by atoms with Gasteiger partial charge in [0.2, 0.25) is 0 Å². The molecule has 1 aromatic carbocycles. The van der Waals surface area contributed by atoms with Gasteiger partial charge in [0.05, 0.1) is 12.6 Å². The van der Waals surface area contributed by atoms with Gasteiger partial charge < -0.3 is 0 Å². The van der Waals surface area contributed by atoms with Gasteiger partial charge in [-0.05, 0) is 18.1 Å². The number of hydrogen-bond donors (Lipinski definition) is 0. The van der Waals surface area contributed by atoms with Gasteiger partial charge in [0.15, 0.2) is 0 Å². The molecule has 0 spiro atoms. The number of halogens is 1. The van der Waals surface area contributed by atoms with Gasteiger partial charge in [0.25, 0.3) is 0 Å². The Balaban J connectivity index is 2.42. The van der Waals surface area contributed by atoms with Crippen molar-refractivity contribution in [1.82, 2.24) is 14.8 Å². The summed E-state index contributed by atoms with van der Waals surface area (Å²) in [6.45, 7) is 2.58. The van der Waals surface area contributed by atoms with E-state index >= 15 is 0 Å². The molecule has 0 bridgehead atoms. The van der Waals surface area contributed by atoms with Crippen molar-refractivity contribution in [2.75, 3.05) is 0 Å². The molecule has 20 heavy (non-hydrogen) atoms. The summed E-state index contributed by atoms with van der Waals surface area (Å²) in [7, 11) is 0. The Morgan fingerprint density at radius 1 is 1.40 bits per heavy atom. The highest BCUT2D eigenvalue weighted by Crippen LogP contribution is 2.35. The molecule has 104 valence electrons. The molecular formula is C15H17ClN4. The molecule has 0 aliphatic heterocycles. The lowest BCUT2D eigenvalue weighted by Crippen LogP contribution is -2.31. The molecule has 0 saturated carbocycles. The van der Waals surface area contributed by atoms with Crippen molar-refractivity contribution in [3.8, 4) is 6.07 Å². The molecule has 0 fully saturated rings. The maximum atomic E-state index is 9.81. The highest BCUT2D eigenvalue weighted by Gasteiger charge is 2.34. The molecule has 0 N–H and O–H groups in total. The quantitative estimate of drug-likeness (QED) is 0.816. The van der Waals surface area contributed by atoms with Gasteiger partial charge in [0, 0.05) is 5.02 Å². The second-order valence-corrected chi connectivity index (χ2v) is 5.28. The van der Waals surface area contributed by atoms with E-state index in [1.807, 2.05) is 24.3 Å². The van der Waals surface area contributed by atoms with Crippen LogP contribution >= 0.6 is 11.6 Å². The molecule has 4 nitrogen and oxygen atoms in total. The van der Waals surface area contributed by atoms with Crippen LogP contribution in [0.15, 0.2) is 36.9 Å². The van der Waals surface area contributed by atoms with Crippen LogP contribution in [-0.4, -0.2) is 14.8 Å². The number of nitriles is 1. The van der Waals surface area contributed by atoms with E-state index in [4.69, 9.17) is 11.6 Å². The van der Waals surface area contributed by atoms with Crippen LogP contribution in [0.5, 0.6) is 0 Å². The Morgan fingerprint density at radius 2 is 2.20 bits per heavy atom. The van der Waals surface area contributed by atoms with Gasteiger partial charge in [-0.25, -0.2) is 4.98 Å². The number of aromatic nitrogens is 3. The molecule has 2 rings (SSSR count). The molecule has 0 aliphatic rings. The molecule has 0 radical (unpaired) electrons. The van der Waals surface area contributed by atoms with Gasteiger partial charge in [-0.15, -0.1) is 0 Å². The average Bonchev–Trinajstić information content (AvgIpc) is 2.97. The minimum atomic E-state index is -0.665. The Bertz CT molecular complexity index is 588. The first kappa shape index (κ1) is 14.5. The van der Waals surface area contributed by atoms with E-state index in [-0.39, 0.29) is 0 Å². The van der Waals surface area contributed by atoms with E-state index in [0.29, 0.717) is 11.6 Å². The third kappa shape index (κ3) is 3.00. The first-order valence-corrected chi connectivity index (χ1v) is 7.08. The molecule has 5 heteroatoms. The van der Waals surface area contributed by atoms with Gasteiger partial charge in [-0.2, -0.15) is 10.4 Å². The fraction of sp³-hybridized carbons (Fsp3) is 0.400. The van der Waals surface area contributed by atoms with Crippen LogP contribution in [0.4, 0.5) is 0 Å². The summed E-state index contributed by atoms with van der Waals surface area (Å²) in [5, 5.41) is 14.6. The minimum Gasteiger partial charge on any atom is -0.251 e. The van der Waals surface area contributed by atoms with Crippen molar-refractivity contribution in [3.63, 3.8) is 0 Å². The van der Waals surface area contributed by atoms with Crippen molar-refractivity contribution in [2.24, 2.45) is 0 Å². The van der Waals surface area contributed by atoms with Crippen molar-refractivity contribution >= 4 is 11.6 Å². The van der Waals surface area contributed by atoms with Gasteiger partial charge >= 0.3 is 0 Å². The number of hydrogen-bond acceptors (Lipinski definition) is 3. The monoisotopic (exact) mass is 288 g/mol. The summed E-state index contributed by atoms with van der Waals surface area (Å²) in [5.41, 5.74) is 0.204. The summed E-state index contributed by atoms with van der Waals surface area (Å²) in [6, 6.07) is 10.0. The number of unbranched alkanes of at least 4 members (excludes halogenated alkanes) is 1. The normalized spacial score (nSPS) is 13.7. The molecule has 1 heterocycles. The van der Waals surface area contributed by atoms with E-state index < -0.39 is 5.41 Å². The standard InChI is InChI=1S/C15H17ClN4/c1-2-3-8-15(9-17,10-20-12-18-11-19-20)13-6-4-5-7-14(13)16/h4-7,11-12H,2-3,8,10H2,1H3. The number of benzene rings is 1. The van der Waals surface area contributed by atoms with E-state index in [9.17, 15) is 5.26 Å². The highest BCUT2D eigenvalue weighted by atomic mass is 35.5. The molecule has 0 aliphatic carbocycles. The second kappa shape index (κ2) is 6.53. The number of rotatable bonds is 6. The highest BCUT2D eigenvalue weighted by molar-refractivity contribution is 6.31. The topological polar surface area (TPSA) is 54.5 Å². The van der Waals surface area contributed by atoms with Crippen LogP contribution in [0.3, 0.4) is 0 Å². The van der Waals surface area contributed by atoms with E-state index in [0.717, 1.165) is 24.8 Å². The third-order valence-corrected chi connectivity index (χ3v) is 3.79. The molecule has 0 amide bonds. The lowest BCUT2D eigenvalue weighted by atomic mass is 9.77. The van der Waals surface area contributed by atoms with Gasteiger partial charge in [0.1, 0.15) is 18.1 Å². The van der Waals surface area contributed by atoms with Crippen LogP contribution < -0.4 is 0 Å². The van der Waals surface area contributed by atoms with Crippen molar-refractivity contribution in [2.45, 2.75) is 38.1 Å². The van der Waals surface area contributed by atoms with Crippen molar-refractivity contribution in [1.29, 1.82) is 5.26 Å². The summed E-state index contributed by atoms with van der Waals surface area (Å²) in [5.74, 6) is 0. The van der Waals surface area contributed by atoms with Crippen molar-refractivity contribution < 1.29 is 0 Å². The second-order valence-electron chi connectivity index (χ2n) is 4.87. The maximum absolute atomic E-state index is 9.81. The zero-order valence-corrected chi connectivity index (χ0v) is 12.2. The van der Waals surface area contributed by atoms with Crippen LogP contribution in [0.25, 0.3) is 0 Å². The first-order chi connectivity index (χ1) is 9.72. The number of nitrogens with zero attached hydrogens (tertiary/aromatic N) is 4. The minimum absolute atomic E-state index is 0.466. The van der Waals surface area contributed by atoms with E-state index in [1.165, 1.54) is 6.33 Å². The van der Waals surface area contributed by atoms with E-state index in [1.54, 1.807) is 11.0 Å². The van der Waals surface area contributed by atoms with Gasteiger partial charge in [-0.1, -0.05) is 49.6 Å². The summed E-state index contributed by atoms with van der Waals surface area (Å²) >= 11 is 6.31. The first-order valence-electron chi connectivity index (χ1n) is 6.70. The lowest BCUT2D eigenvalue weighted by molar-refractivity contribution is 0.390. The van der Waals surface area contributed by atoms with Gasteiger partial charge in [-0.3, -0.25) is 4.68 Å². The maximum Gasteiger partial charge on any atom is 0.137 e. The van der Waals surface area contributed by atoms with Crippen LogP contribution in [0, 0.1) is 11.3 Å². The predicted octanol–water partition coefficient (Wildman–Crippen LogP) is 3.58. The van der Waals surface area contributed by atoms with E-state index in [2.05, 4.69) is 23.1 Å². The fourth-order valence-corrected chi connectivity index (χ4v) is 2.69. The van der Waals surface area contributed by atoms with Crippen molar-refractivity contribution in [3.05, 3.63) is 47.5 Å². The fourth-order valence-electron chi connectivity index (χ4n) is 2.37. The smallest absolute Gasteiger partial charge is 0.137 e. The van der Waals surface area contributed by atoms with Crippen LogP contribution in [0.2, 0.25) is 5.02 Å². The summed E-state index contributed by atoms with van der Waals surface area (Å²) in [6.07, 6.45) is 5.87.